The Kier molecular flexibility index (Phi) is 9.62. The van der Waals surface area contributed by atoms with E-state index in [0.717, 1.165) is 17.3 Å². The van der Waals surface area contributed by atoms with Crippen molar-refractivity contribution in [1.29, 1.82) is 0 Å². The van der Waals surface area contributed by atoms with E-state index in [-0.39, 0.29) is 11.9 Å². The Balaban J connectivity index is 0.000000176. The van der Waals surface area contributed by atoms with Crippen LogP contribution in [0.15, 0.2) is 73.3 Å². The lowest BCUT2D eigenvalue weighted by Crippen LogP contribution is -2.51. The molecule has 272 valence electrons. The first kappa shape index (κ1) is 35.9. The Labute approximate surface area is 297 Å². The number of imidazole rings is 2. The van der Waals surface area contributed by atoms with E-state index in [9.17, 15) is 19.1 Å². The molecule has 7 rings (SSSR count). The molecular weight excluding hydrogens is 655 g/mol. The highest BCUT2D eigenvalue weighted by atomic mass is 19.1. The minimum absolute atomic E-state index is 0.262. The third-order valence-corrected chi connectivity index (χ3v) is 9.11. The van der Waals surface area contributed by atoms with Crippen LogP contribution >= 0.6 is 0 Å². The lowest BCUT2D eigenvalue weighted by Gasteiger charge is -2.43. The molecule has 0 atom stereocenters. The quantitative estimate of drug-likeness (QED) is 0.244. The van der Waals surface area contributed by atoms with Crippen LogP contribution in [-0.4, -0.2) is 83.6 Å². The van der Waals surface area contributed by atoms with Crippen molar-refractivity contribution in [3.63, 3.8) is 0 Å². The monoisotopic (exact) mass is 702 g/mol. The molecule has 1 spiro atoms. The van der Waals surface area contributed by atoms with E-state index in [0.29, 0.717) is 63.4 Å². The number of fused-ring (bicyclic) bond motifs is 4. The maximum Gasteiger partial charge on any atom is 0.410 e. The van der Waals surface area contributed by atoms with Gasteiger partial charge in [-0.05, 0) is 65.8 Å². The number of carbonyl (C=O) groups excluding carboxylic acids is 2. The molecule has 51 heavy (non-hydrogen) atoms. The van der Waals surface area contributed by atoms with Gasteiger partial charge in [0.25, 0.3) is 0 Å². The van der Waals surface area contributed by atoms with Gasteiger partial charge < -0.3 is 29.1 Å². The lowest BCUT2D eigenvalue weighted by molar-refractivity contribution is -0.0417. The van der Waals surface area contributed by atoms with Crippen molar-refractivity contribution in [2.75, 3.05) is 26.2 Å². The van der Waals surface area contributed by atoms with Gasteiger partial charge in [0.1, 0.15) is 34.2 Å². The smallest absolute Gasteiger partial charge is 0.410 e. The topological polar surface area (TPSA) is 124 Å². The first-order valence-electron chi connectivity index (χ1n) is 17.4. The molecule has 13 heteroatoms. The molecule has 0 aliphatic carbocycles. The molecule has 0 unspecified atom stereocenters. The normalized spacial score (nSPS) is 17.7. The van der Waals surface area contributed by atoms with Crippen LogP contribution in [0.4, 0.5) is 14.0 Å². The fraction of sp³-hybridized carbons (Fsp3) is 0.474. The third kappa shape index (κ3) is 7.73. The zero-order valence-corrected chi connectivity index (χ0v) is 30.1. The Bertz CT molecular complexity index is 1860. The third-order valence-electron chi connectivity index (χ3n) is 9.11. The fourth-order valence-corrected chi connectivity index (χ4v) is 6.63. The maximum atomic E-state index is 14.2. The van der Waals surface area contributed by atoms with Gasteiger partial charge in [-0.25, -0.2) is 23.9 Å². The van der Waals surface area contributed by atoms with Crippen LogP contribution in [0.3, 0.4) is 0 Å². The molecule has 2 aromatic heterocycles. The molecule has 3 aliphatic heterocycles. The predicted molar refractivity (Wildman–Crippen MR) is 187 cm³/mol. The number of benzene rings is 2. The van der Waals surface area contributed by atoms with Crippen molar-refractivity contribution in [2.24, 2.45) is 0 Å². The zero-order chi connectivity index (χ0) is 36.6. The second kappa shape index (κ2) is 13.7. The number of amides is 2. The number of ether oxygens (including phenoxy) is 3. The summed E-state index contributed by atoms with van der Waals surface area (Å²) in [4.78, 5) is 36.7. The number of aliphatic hydroxyl groups is 1. The molecule has 2 saturated heterocycles. The van der Waals surface area contributed by atoms with Crippen molar-refractivity contribution in [2.45, 2.75) is 89.6 Å². The number of para-hydroxylation sites is 3. The SMILES string of the molecule is CC(C)(C)OC(=O)N1CCC(O)(c2nccn2-c2ccccc2F)CC1.CC(C)(C)OC(=O)N1CCC2(CC1)Oc1ccccc1-n1ccnc12. The van der Waals surface area contributed by atoms with E-state index in [1.54, 1.807) is 45.0 Å². The van der Waals surface area contributed by atoms with Crippen LogP contribution < -0.4 is 4.74 Å². The molecule has 12 nitrogen and oxygen atoms in total. The molecule has 5 heterocycles. The van der Waals surface area contributed by atoms with Crippen LogP contribution in [0.1, 0.15) is 78.9 Å². The molecule has 0 saturated carbocycles. The standard InChI is InChI=1S/C19H24FN3O3.C19H23N3O3/c1-18(2,3)26-17(24)22-11-8-19(25,9-12-22)16-21-10-13-23(16)15-7-5-4-6-14(15)20;1-18(2,3)25-17(23)21-11-8-19(9-12-21)16-20-10-13-22(16)14-6-4-5-7-15(14)24-19/h4-7,10,13,25H,8-9,11-12H2,1-3H3;4-7,10,13H,8-9,11-12H2,1-3H3. The van der Waals surface area contributed by atoms with Crippen LogP contribution in [-0.2, 0) is 20.7 Å². The second-order valence-corrected chi connectivity index (χ2v) is 15.2. The van der Waals surface area contributed by atoms with E-state index in [4.69, 9.17) is 14.2 Å². The van der Waals surface area contributed by atoms with Crippen LogP contribution in [0.2, 0.25) is 0 Å². The Morgan fingerprint density at radius 1 is 0.725 bits per heavy atom. The molecule has 1 N–H and O–H groups in total. The number of carbonyl (C=O) groups is 2. The first-order chi connectivity index (χ1) is 24.1. The van der Waals surface area contributed by atoms with Gasteiger partial charge in [0.15, 0.2) is 11.4 Å². The highest BCUT2D eigenvalue weighted by Gasteiger charge is 2.46. The highest BCUT2D eigenvalue weighted by molar-refractivity contribution is 5.69. The molecule has 2 aromatic carbocycles. The van der Waals surface area contributed by atoms with Crippen molar-refractivity contribution >= 4 is 12.2 Å². The summed E-state index contributed by atoms with van der Waals surface area (Å²) < 4.78 is 35.1. The highest BCUT2D eigenvalue weighted by Crippen LogP contribution is 2.44. The van der Waals surface area contributed by atoms with Gasteiger partial charge >= 0.3 is 12.2 Å². The minimum Gasteiger partial charge on any atom is -0.477 e. The van der Waals surface area contributed by atoms with E-state index in [1.807, 2.05) is 78.2 Å². The van der Waals surface area contributed by atoms with Gasteiger partial charge in [-0.2, -0.15) is 0 Å². The minimum atomic E-state index is -1.23. The van der Waals surface area contributed by atoms with Gasteiger partial charge in [-0.15, -0.1) is 0 Å². The summed E-state index contributed by atoms with van der Waals surface area (Å²) in [6.07, 6.45) is 8.29. The number of rotatable bonds is 2. The number of halogens is 1. The van der Waals surface area contributed by atoms with E-state index < -0.39 is 28.5 Å². The predicted octanol–water partition coefficient (Wildman–Crippen LogP) is 6.72. The Morgan fingerprint density at radius 3 is 1.75 bits per heavy atom. The van der Waals surface area contributed by atoms with E-state index in [1.165, 1.54) is 6.07 Å². The summed E-state index contributed by atoms with van der Waals surface area (Å²) in [6, 6.07) is 14.3. The first-order valence-corrected chi connectivity index (χ1v) is 17.4. The summed E-state index contributed by atoms with van der Waals surface area (Å²) in [5, 5.41) is 11.1. The summed E-state index contributed by atoms with van der Waals surface area (Å²) >= 11 is 0. The van der Waals surface area contributed by atoms with Crippen molar-refractivity contribution in [3.8, 4) is 17.1 Å². The number of nitrogens with zero attached hydrogens (tertiary/aromatic N) is 6. The summed E-state index contributed by atoms with van der Waals surface area (Å²) in [5.74, 6) is 1.77. The van der Waals surface area contributed by atoms with Crippen molar-refractivity contribution in [1.82, 2.24) is 28.9 Å². The second-order valence-electron chi connectivity index (χ2n) is 15.2. The average Bonchev–Trinajstić information content (AvgIpc) is 3.77. The average molecular weight is 703 g/mol. The van der Waals surface area contributed by atoms with Crippen LogP contribution in [0, 0.1) is 5.82 Å². The number of aromatic nitrogens is 4. The Hall–Kier alpha value is -4.91. The molecule has 3 aliphatic rings. The largest absolute Gasteiger partial charge is 0.477 e. The van der Waals surface area contributed by atoms with Gasteiger partial charge in [-0.3, -0.25) is 9.13 Å². The summed E-state index contributed by atoms with van der Waals surface area (Å²) in [5.41, 5.74) is -1.42. The van der Waals surface area contributed by atoms with E-state index in [2.05, 4.69) is 14.5 Å². The fourth-order valence-electron chi connectivity index (χ4n) is 6.63. The van der Waals surface area contributed by atoms with Gasteiger partial charge in [0, 0.05) is 76.6 Å². The molecule has 4 aromatic rings. The summed E-state index contributed by atoms with van der Waals surface area (Å²) in [6.45, 7) is 13.0. The van der Waals surface area contributed by atoms with Gasteiger partial charge in [0.2, 0.25) is 0 Å². The van der Waals surface area contributed by atoms with Crippen molar-refractivity contribution in [3.05, 3.63) is 90.8 Å². The number of piperidine rings is 2. The molecule has 0 bridgehead atoms. The zero-order valence-electron chi connectivity index (χ0n) is 30.1. The Morgan fingerprint density at radius 2 is 1.20 bits per heavy atom. The molecule has 2 amide bonds. The molecule has 2 fully saturated rings. The van der Waals surface area contributed by atoms with Crippen molar-refractivity contribution < 1.29 is 33.3 Å². The van der Waals surface area contributed by atoms with Gasteiger partial charge in [0.05, 0.1) is 11.4 Å². The number of hydrogen-bond acceptors (Lipinski definition) is 8. The van der Waals surface area contributed by atoms with Crippen LogP contribution in [0.5, 0.6) is 5.75 Å². The van der Waals surface area contributed by atoms with Gasteiger partial charge in [-0.1, -0.05) is 24.3 Å². The lowest BCUT2D eigenvalue weighted by atomic mass is 9.89. The number of hydrogen-bond donors (Lipinski definition) is 1. The summed E-state index contributed by atoms with van der Waals surface area (Å²) in [7, 11) is 0. The molecule has 0 radical (unpaired) electrons. The maximum absolute atomic E-state index is 14.2. The van der Waals surface area contributed by atoms with E-state index >= 15 is 0 Å². The van der Waals surface area contributed by atoms with Crippen LogP contribution in [0.25, 0.3) is 11.4 Å². The number of likely N-dealkylation sites (tertiary alicyclic amines) is 2. The molecular formula is C38H47FN6O6.